The summed E-state index contributed by atoms with van der Waals surface area (Å²) in [6.07, 6.45) is 0. The van der Waals surface area contributed by atoms with Gasteiger partial charge in [-0.3, -0.25) is 10.6 Å². The van der Waals surface area contributed by atoms with Crippen LogP contribution in [-0.2, 0) is 11.1 Å². The molecule has 0 saturated carbocycles. The molecular weight excluding hydrogens is 615 g/mol. The summed E-state index contributed by atoms with van der Waals surface area (Å²) in [6, 6.07) is 58.9. The van der Waals surface area contributed by atoms with Gasteiger partial charge in [0.2, 0.25) is 0 Å². The highest BCUT2D eigenvalue weighted by Gasteiger charge is 2.41. The number of nitrogens with one attached hydrogen (secondary N) is 2. The fourth-order valence-corrected chi connectivity index (χ4v) is 7.31. The molecule has 0 heterocycles. The molecule has 2 N–H and O–H groups in total. The Morgan fingerprint density at radius 1 is 0.447 bits per heavy atom. The summed E-state index contributed by atoms with van der Waals surface area (Å²) in [5.74, 6) is 0.179. The third kappa shape index (κ3) is 6.52. The molecule has 0 aromatic heterocycles. The molecule has 0 spiro atoms. The first-order chi connectivity index (χ1) is 23.0. The predicted octanol–water partition coefficient (Wildman–Crippen LogP) is 10.5. The van der Waals surface area contributed by atoms with Crippen molar-refractivity contribution in [2.75, 3.05) is 6.54 Å². The number of benzene rings is 6. The van der Waals surface area contributed by atoms with Crippen molar-refractivity contribution in [3.8, 4) is 0 Å². The van der Waals surface area contributed by atoms with E-state index in [-0.39, 0.29) is 12.0 Å². The summed E-state index contributed by atoms with van der Waals surface area (Å²) in [5, 5.41) is 9.64. The van der Waals surface area contributed by atoms with Crippen LogP contribution in [0.3, 0.4) is 0 Å². The van der Waals surface area contributed by atoms with Gasteiger partial charge in [0.05, 0.1) is 11.1 Å². The van der Waals surface area contributed by atoms with Gasteiger partial charge in [0.1, 0.15) is 0 Å². The zero-order chi connectivity index (χ0) is 32.7. The lowest BCUT2D eigenvalue weighted by Crippen LogP contribution is -2.54. The molecule has 0 aliphatic carbocycles. The topological polar surface area (TPSA) is 24.1 Å². The molecular formula is C43H40Cl2N2. The van der Waals surface area contributed by atoms with Gasteiger partial charge >= 0.3 is 0 Å². The van der Waals surface area contributed by atoms with Gasteiger partial charge in [-0.1, -0.05) is 188 Å². The molecule has 4 heteroatoms. The maximum Gasteiger partial charge on any atom is 0.0964 e. The average molecular weight is 656 g/mol. The van der Waals surface area contributed by atoms with Crippen LogP contribution < -0.4 is 10.6 Å². The zero-order valence-electron chi connectivity index (χ0n) is 26.8. The molecule has 236 valence electrons. The van der Waals surface area contributed by atoms with Gasteiger partial charge in [0, 0.05) is 22.6 Å². The standard InChI is InChI=1S/C43H40Cl2N2/c1-32(31-46-42(34-19-7-3-8-20-34,35-21-9-4-10-22-35)38-27-15-17-29-40(38)44)33(2)47-43(36-23-11-5-12-24-36,37-25-13-6-14-26-37)39-28-16-18-30-41(39)45/h3-30,32-33,46-47H,31H2,1-2H3. The van der Waals surface area contributed by atoms with E-state index in [2.05, 4.69) is 170 Å². The summed E-state index contributed by atoms with van der Waals surface area (Å²) in [7, 11) is 0. The second-order valence-electron chi connectivity index (χ2n) is 12.2. The fourth-order valence-electron chi connectivity index (χ4n) is 6.76. The summed E-state index contributed by atoms with van der Waals surface area (Å²) < 4.78 is 0. The molecule has 2 atom stereocenters. The van der Waals surface area contributed by atoms with E-state index < -0.39 is 11.1 Å². The predicted molar refractivity (Wildman–Crippen MR) is 198 cm³/mol. The summed E-state index contributed by atoms with van der Waals surface area (Å²) in [4.78, 5) is 0. The second kappa shape index (κ2) is 14.7. The highest BCUT2D eigenvalue weighted by atomic mass is 35.5. The van der Waals surface area contributed by atoms with Crippen molar-refractivity contribution < 1.29 is 0 Å². The molecule has 0 bridgehead atoms. The molecule has 47 heavy (non-hydrogen) atoms. The number of hydrogen-bond acceptors (Lipinski definition) is 2. The Kier molecular flexibility index (Phi) is 10.3. The Labute approximate surface area is 289 Å². The van der Waals surface area contributed by atoms with Crippen LogP contribution in [0.25, 0.3) is 0 Å². The van der Waals surface area contributed by atoms with Crippen molar-refractivity contribution >= 4 is 23.2 Å². The van der Waals surface area contributed by atoms with Crippen molar-refractivity contribution in [2.24, 2.45) is 5.92 Å². The normalized spacial score (nSPS) is 13.2. The van der Waals surface area contributed by atoms with Crippen LogP contribution in [0.1, 0.15) is 47.2 Å². The molecule has 0 saturated heterocycles. The van der Waals surface area contributed by atoms with Crippen LogP contribution in [0.15, 0.2) is 170 Å². The van der Waals surface area contributed by atoms with Crippen molar-refractivity contribution in [1.29, 1.82) is 0 Å². The zero-order valence-corrected chi connectivity index (χ0v) is 28.3. The minimum atomic E-state index is -0.687. The van der Waals surface area contributed by atoms with Crippen molar-refractivity contribution in [1.82, 2.24) is 10.6 Å². The maximum atomic E-state index is 7.05. The molecule has 6 aromatic carbocycles. The van der Waals surface area contributed by atoms with Gasteiger partial charge in [-0.05, 0) is 58.4 Å². The number of hydrogen-bond donors (Lipinski definition) is 2. The molecule has 0 fully saturated rings. The average Bonchev–Trinajstić information content (AvgIpc) is 3.13. The Morgan fingerprint density at radius 2 is 0.766 bits per heavy atom. The lowest BCUT2D eigenvalue weighted by Gasteiger charge is -2.42. The van der Waals surface area contributed by atoms with Crippen molar-refractivity contribution in [2.45, 2.75) is 31.0 Å². The van der Waals surface area contributed by atoms with E-state index >= 15 is 0 Å². The molecule has 0 aliphatic heterocycles. The maximum absolute atomic E-state index is 7.05. The minimum absolute atomic E-state index is 0.0506. The lowest BCUT2D eigenvalue weighted by molar-refractivity contribution is 0.302. The van der Waals surface area contributed by atoms with Crippen LogP contribution in [0.2, 0.25) is 10.0 Å². The monoisotopic (exact) mass is 654 g/mol. The van der Waals surface area contributed by atoms with Crippen LogP contribution in [0, 0.1) is 5.92 Å². The minimum Gasteiger partial charge on any atom is -0.300 e. The van der Waals surface area contributed by atoms with Gasteiger partial charge in [-0.2, -0.15) is 0 Å². The molecule has 0 amide bonds. The van der Waals surface area contributed by atoms with E-state index in [0.29, 0.717) is 6.54 Å². The van der Waals surface area contributed by atoms with E-state index in [9.17, 15) is 0 Å². The summed E-state index contributed by atoms with van der Waals surface area (Å²) >= 11 is 14.1. The van der Waals surface area contributed by atoms with Crippen LogP contribution in [-0.4, -0.2) is 12.6 Å². The third-order valence-electron chi connectivity index (χ3n) is 9.37. The molecule has 6 aromatic rings. The number of halogens is 2. The van der Waals surface area contributed by atoms with E-state index in [4.69, 9.17) is 23.2 Å². The van der Waals surface area contributed by atoms with Crippen molar-refractivity contribution in [3.05, 3.63) is 213 Å². The molecule has 2 unspecified atom stereocenters. The quantitative estimate of drug-likeness (QED) is 0.128. The Hall–Kier alpha value is -4.18. The fraction of sp³-hybridized carbons (Fsp3) is 0.163. The first-order valence-electron chi connectivity index (χ1n) is 16.2. The van der Waals surface area contributed by atoms with Gasteiger partial charge in [-0.15, -0.1) is 0 Å². The molecule has 0 radical (unpaired) electrons. The second-order valence-corrected chi connectivity index (χ2v) is 13.0. The SMILES string of the molecule is CC(CNC(c1ccccc1)(c1ccccc1)c1ccccc1Cl)C(C)NC(c1ccccc1)(c1ccccc1)c1ccccc1Cl. The highest BCUT2D eigenvalue weighted by Crippen LogP contribution is 2.42. The van der Waals surface area contributed by atoms with Crippen LogP contribution >= 0.6 is 23.2 Å². The first kappa shape index (κ1) is 32.7. The lowest BCUT2D eigenvalue weighted by atomic mass is 9.75. The largest absolute Gasteiger partial charge is 0.300 e. The Bertz CT molecular complexity index is 1780. The van der Waals surface area contributed by atoms with Crippen LogP contribution in [0.4, 0.5) is 0 Å². The van der Waals surface area contributed by atoms with Gasteiger partial charge < -0.3 is 0 Å². The van der Waals surface area contributed by atoms with E-state index in [1.54, 1.807) is 0 Å². The van der Waals surface area contributed by atoms with Gasteiger partial charge in [0.15, 0.2) is 0 Å². The van der Waals surface area contributed by atoms with Crippen molar-refractivity contribution in [3.63, 3.8) is 0 Å². The third-order valence-corrected chi connectivity index (χ3v) is 10.0. The Morgan fingerprint density at radius 3 is 1.15 bits per heavy atom. The molecule has 0 aliphatic rings. The van der Waals surface area contributed by atoms with Crippen LogP contribution in [0.5, 0.6) is 0 Å². The van der Waals surface area contributed by atoms with Gasteiger partial charge in [-0.25, -0.2) is 0 Å². The van der Waals surface area contributed by atoms with Gasteiger partial charge in [0.25, 0.3) is 0 Å². The Balaban J connectivity index is 1.42. The number of rotatable bonds is 12. The summed E-state index contributed by atoms with van der Waals surface area (Å²) in [5.41, 5.74) is 5.20. The smallest absolute Gasteiger partial charge is 0.0964 e. The highest BCUT2D eigenvalue weighted by molar-refractivity contribution is 6.32. The first-order valence-corrected chi connectivity index (χ1v) is 17.0. The molecule has 2 nitrogen and oxygen atoms in total. The van der Waals surface area contributed by atoms with E-state index in [1.165, 1.54) is 0 Å². The summed E-state index contributed by atoms with van der Waals surface area (Å²) in [6.45, 7) is 5.27. The molecule has 6 rings (SSSR count). The van der Waals surface area contributed by atoms with E-state index in [0.717, 1.165) is 43.4 Å². The van der Waals surface area contributed by atoms with E-state index in [1.807, 2.05) is 24.3 Å².